The van der Waals surface area contributed by atoms with E-state index in [4.69, 9.17) is 9.47 Å². The number of unbranched alkanes of at least 4 members (excludes halogenated alkanes) is 2. The van der Waals surface area contributed by atoms with E-state index in [9.17, 15) is 4.79 Å². The summed E-state index contributed by atoms with van der Waals surface area (Å²) >= 11 is 0. The van der Waals surface area contributed by atoms with Crippen LogP contribution in [0.2, 0.25) is 0 Å². The van der Waals surface area contributed by atoms with Crippen LogP contribution in [0, 0.1) is 0 Å². The number of methoxy groups -OCH3 is 1. The van der Waals surface area contributed by atoms with Gasteiger partial charge in [-0.05, 0) is 49.3 Å². The normalized spacial score (nSPS) is 13.7. The first-order valence-electron chi connectivity index (χ1n) is 8.98. The Hall–Kier alpha value is -1.35. The quantitative estimate of drug-likeness (QED) is 0.479. The Balaban J connectivity index is 0.000000593. The van der Waals surface area contributed by atoms with Gasteiger partial charge in [0.05, 0.1) is 12.2 Å². The van der Waals surface area contributed by atoms with Crippen LogP contribution in [0.5, 0.6) is 0 Å². The number of benzene rings is 1. The summed E-state index contributed by atoms with van der Waals surface area (Å²) in [6, 6.07) is 7.88. The minimum atomic E-state index is -0.224. The molecule has 0 amide bonds. The van der Waals surface area contributed by atoms with Crippen molar-refractivity contribution in [3.05, 3.63) is 35.4 Å². The van der Waals surface area contributed by atoms with E-state index in [0.717, 1.165) is 12.8 Å². The second kappa shape index (κ2) is 12.1. The van der Waals surface area contributed by atoms with E-state index >= 15 is 0 Å². The molecule has 0 N–H and O–H groups in total. The highest BCUT2D eigenvalue weighted by molar-refractivity contribution is 5.89. The molecule has 2 rings (SSSR count). The molecule has 0 aliphatic heterocycles. The highest BCUT2D eigenvalue weighted by Gasteiger charge is 2.19. The fourth-order valence-corrected chi connectivity index (χ4v) is 2.23. The van der Waals surface area contributed by atoms with E-state index in [1.807, 2.05) is 12.1 Å². The van der Waals surface area contributed by atoms with Gasteiger partial charge in [-0.15, -0.1) is 0 Å². The molecule has 3 nitrogen and oxygen atoms in total. The second-order valence-corrected chi connectivity index (χ2v) is 6.09. The van der Waals surface area contributed by atoms with Crippen LogP contribution in [0.3, 0.4) is 0 Å². The molecule has 1 saturated carbocycles. The molecular weight excluding hydrogens is 288 g/mol. The zero-order valence-electron chi connectivity index (χ0n) is 15.0. The van der Waals surface area contributed by atoms with E-state index < -0.39 is 0 Å². The van der Waals surface area contributed by atoms with E-state index in [2.05, 4.69) is 26.0 Å². The SMILES string of the molecule is CCCC.COCCCCOC(=O)c1ccc(C2CCC2)cc1. The van der Waals surface area contributed by atoms with Crippen LogP contribution < -0.4 is 0 Å². The van der Waals surface area contributed by atoms with Crippen molar-refractivity contribution in [1.29, 1.82) is 0 Å². The Morgan fingerprint density at radius 1 is 1.04 bits per heavy atom. The average Bonchev–Trinajstić information content (AvgIpc) is 2.54. The molecule has 0 bridgehead atoms. The van der Waals surface area contributed by atoms with Crippen molar-refractivity contribution in [1.82, 2.24) is 0 Å². The zero-order valence-corrected chi connectivity index (χ0v) is 15.0. The lowest BCUT2D eigenvalue weighted by atomic mass is 9.80. The van der Waals surface area contributed by atoms with Crippen LogP contribution >= 0.6 is 0 Å². The number of ether oxygens (including phenoxy) is 2. The van der Waals surface area contributed by atoms with Gasteiger partial charge in [-0.25, -0.2) is 4.79 Å². The van der Waals surface area contributed by atoms with E-state index in [1.54, 1.807) is 7.11 Å². The maximum absolute atomic E-state index is 11.8. The van der Waals surface area contributed by atoms with Gasteiger partial charge in [-0.1, -0.05) is 45.2 Å². The molecule has 0 saturated heterocycles. The molecule has 1 aliphatic rings. The summed E-state index contributed by atoms with van der Waals surface area (Å²) in [6.45, 7) is 5.54. The first-order valence-corrected chi connectivity index (χ1v) is 8.98. The van der Waals surface area contributed by atoms with Crippen LogP contribution in [-0.2, 0) is 9.47 Å². The Labute approximate surface area is 141 Å². The lowest BCUT2D eigenvalue weighted by molar-refractivity contribution is 0.0489. The highest BCUT2D eigenvalue weighted by Crippen LogP contribution is 2.36. The largest absolute Gasteiger partial charge is 0.462 e. The molecule has 0 atom stereocenters. The molecular formula is C20H32O3. The zero-order chi connectivity index (χ0) is 16.9. The minimum Gasteiger partial charge on any atom is -0.462 e. The molecule has 0 heterocycles. The fraction of sp³-hybridized carbons (Fsp3) is 0.650. The topological polar surface area (TPSA) is 35.5 Å². The monoisotopic (exact) mass is 320 g/mol. The maximum Gasteiger partial charge on any atom is 0.338 e. The number of carbonyl (C=O) groups is 1. The predicted molar refractivity (Wildman–Crippen MR) is 95.0 cm³/mol. The van der Waals surface area contributed by atoms with Crippen LogP contribution in [0.1, 0.15) is 80.6 Å². The number of carbonyl (C=O) groups excluding carboxylic acids is 1. The Morgan fingerprint density at radius 3 is 2.13 bits per heavy atom. The van der Waals surface area contributed by atoms with Crippen molar-refractivity contribution in [2.45, 2.75) is 64.7 Å². The van der Waals surface area contributed by atoms with Crippen LogP contribution in [0.15, 0.2) is 24.3 Å². The fourth-order valence-electron chi connectivity index (χ4n) is 2.23. The molecule has 1 aromatic carbocycles. The van der Waals surface area contributed by atoms with Crippen molar-refractivity contribution in [3.63, 3.8) is 0 Å². The van der Waals surface area contributed by atoms with Crippen LogP contribution in [0.25, 0.3) is 0 Å². The molecule has 1 fully saturated rings. The predicted octanol–water partition coefficient (Wildman–Crippen LogP) is 5.34. The number of hydrogen-bond donors (Lipinski definition) is 0. The molecule has 0 aromatic heterocycles. The van der Waals surface area contributed by atoms with Gasteiger partial charge in [0, 0.05) is 13.7 Å². The Bertz CT molecular complexity index is 419. The lowest BCUT2D eigenvalue weighted by Gasteiger charge is -2.25. The van der Waals surface area contributed by atoms with E-state index in [1.165, 1.54) is 37.7 Å². The molecule has 23 heavy (non-hydrogen) atoms. The molecule has 0 radical (unpaired) electrons. The summed E-state index contributed by atoms with van der Waals surface area (Å²) in [5, 5.41) is 0. The average molecular weight is 320 g/mol. The van der Waals surface area contributed by atoms with Gasteiger partial charge in [-0.2, -0.15) is 0 Å². The second-order valence-electron chi connectivity index (χ2n) is 6.09. The van der Waals surface area contributed by atoms with Gasteiger partial charge in [0.25, 0.3) is 0 Å². The summed E-state index contributed by atoms with van der Waals surface area (Å²) in [5.74, 6) is 0.483. The van der Waals surface area contributed by atoms with Gasteiger partial charge >= 0.3 is 5.97 Å². The first kappa shape index (κ1) is 19.7. The standard InChI is InChI=1S/C16H22O3.C4H10/c1-18-11-2-3-12-19-16(17)15-9-7-14(8-10-15)13-5-4-6-13;1-3-4-2/h7-10,13H,2-6,11-12H2,1H3;3-4H2,1-2H3. The Morgan fingerprint density at radius 2 is 1.65 bits per heavy atom. The Kier molecular flexibility index (Phi) is 10.4. The van der Waals surface area contributed by atoms with Gasteiger partial charge in [0.15, 0.2) is 0 Å². The first-order chi connectivity index (χ1) is 11.2. The third kappa shape index (κ3) is 7.65. The van der Waals surface area contributed by atoms with Gasteiger partial charge < -0.3 is 9.47 Å². The summed E-state index contributed by atoms with van der Waals surface area (Å²) in [4.78, 5) is 11.8. The molecule has 1 aliphatic carbocycles. The smallest absolute Gasteiger partial charge is 0.338 e. The van der Waals surface area contributed by atoms with Crippen LogP contribution in [-0.4, -0.2) is 26.3 Å². The van der Waals surface area contributed by atoms with E-state index in [0.29, 0.717) is 24.7 Å². The summed E-state index contributed by atoms with van der Waals surface area (Å²) < 4.78 is 10.2. The van der Waals surface area contributed by atoms with Gasteiger partial charge in [0.1, 0.15) is 0 Å². The molecule has 1 aromatic rings. The van der Waals surface area contributed by atoms with Crippen molar-refractivity contribution in [3.8, 4) is 0 Å². The van der Waals surface area contributed by atoms with Gasteiger partial charge in [0.2, 0.25) is 0 Å². The number of hydrogen-bond acceptors (Lipinski definition) is 3. The third-order valence-electron chi connectivity index (χ3n) is 4.20. The van der Waals surface area contributed by atoms with Crippen molar-refractivity contribution in [2.75, 3.05) is 20.3 Å². The maximum atomic E-state index is 11.8. The van der Waals surface area contributed by atoms with Crippen LogP contribution in [0.4, 0.5) is 0 Å². The van der Waals surface area contributed by atoms with Crippen molar-refractivity contribution < 1.29 is 14.3 Å². The van der Waals surface area contributed by atoms with Crippen molar-refractivity contribution in [2.24, 2.45) is 0 Å². The lowest BCUT2D eigenvalue weighted by Crippen LogP contribution is -2.10. The van der Waals surface area contributed by atoms with E-state index in [-0.39, 0.29) is 5.97 Å². The summed E-state index contributed by atoms with van der Waals surface area (Å²) in [6.07, 6.45) is 8.30. The summed E-state index contributed by atoms with van der Waals surface area (Å²) in [7, 11) is 1.68. The molecule has 0 unspecified atom stereocenters. The molecule has 0 spiro atoms. The van der Waals surface area contributed by atoms with Crippen molar-refractivity contribution >= 4 is 5.97 Å². The summed E-state index contributed by atoms with van der Waals surface area (Å²) in [5.41, 5.74) is 2.00. The third-order valence-corrected chi connectivity index (χ3v) is 4.20. The molecule has 130 valence electrons. The molecule has 3 heteroatoms. The number of rotatable bonds is 8. The minimum absolute atomic E-state index is 0.224. The number of esters is 1. The van der Waals surface area contributed by atoms with Gasteiger partial charge in [-0.3, -0.25) is 0 Å². The highest BCUT2D eigenvalue weighted by atomic mass is 16.5.